The molecule has 1 fully saturated rings. The summed E-state index contributed by atoms with van der Waals surface area (Å²) in [6, 6.07) is -0.350. The van der Waals surface area contributed by atoms with Crippen LogP contribution in [0.1, 0.15) is 19.8 Å². The number of likely N-dealkylation sites (tertiary alicyclic amines) is 1. The molecule has 3 atom stereocenters. The molecule has 0 aromatic heterocycles. The van der Waals surface area contributed by atoms with Crippen molar-refractivity contribution in [2.45, 2.75) is 38.0 Å². The average Bonchev–Trinajstić information content (AvgIpc) is 2.63. The van der Waals surface area contributed by atoms with Gasteiger partial charge in [0.2, 0.25) is 17.7 Å². The Morgan fingerprint density at radius 1 is 1.30 bits per heavy atom. The molecule has 1 aliphatic heterocycles. The molecular weight excluding hydrogens is 264 g/mol. The molecule has 0 radical (unpaired) electrons. The number of carbonyl (C=O) groups excluding carboxylic acids is 3. The summed E-state index contributed by atoms with van der Waals surface area (Å²) in [4.78, 5) is 35.2. The fourth-order valence-corrected chi connectivity index (χ4v) is 2.24. The Bertz CT molecular complexity index is 388. The molecule has 20 heavy (non-hydrogen) atoms. The van der Waals surface area contributed by atoms with E-state index in [4.69, 9.17) is 16.2 Å². The molecule has 3 amide bonds. The SMILES string of the molecule is CC1C(OCC(N)=O)CC(C(=O)NCCC(N)=O)N1C. The van der Waals surface area contributed by atoms with Gasteiger partial charge >= 0.3 is 0 Å². The molecule has 1 aliphatic rings. The molecule has 1 saturated heterocycles. The van der Waals surface area contributed by atoms with Gasteiger partial charge < -0.3 is 21.5 Å². The highest BCUT2D eigenvalue weighted by Crippen LogP contribution is 2.25. The quantitative estimate of drug-likeness (QED) is 0.496. The highest BCUT2D eigenvalue weighted by molar-refractivity contribution is 5.83. The number of hydrogen-bond acceptors (Lipinski definition) is 5. The maximum atomic E-state index is 12.0. The average molecular weight is 286 g/mol. The van der Waals surface area contributed by atoms with E-state index in [9.17, 15) is 14.4 Å². The second-order valence-electron chi connectivity index (χ2n) is 4.98. The van der Waals surface area contributed by atoms with Gasteiger partial charge in [-0.3, -0.25) is 19.3 Å². The molecule has 0 spiro atoms. The van der Waals surface area contributed by atoms with E-state index in [-0.39, 0.29) is 43.7 Å². The highest BCUT2D eigenvalue weighted by Gasteiger charge is 2.40. The highest BCUT2D eigenvalue weighted by atomic mass is 16.5. The summed E-state index contributed by atoms with van der Waals surface area (Å²) in [6.07, 6.45) is 0.367. The standard InChI is InChI=1S/C12H22N4O4/c1-7-9(20-6-11(14)18)5-8(16(7)2)12(19)15-4-3-10(13)17/h7-9H,3-6H2,1-2H3,(H2,13,17)(H2,14,18)(H,15,19). The Kier molecular flexibility index (Phi) is 5.90. The van der Waals surface area contributed by atoms with E-state index in [0.717, 1.165) is 0 Å². The minimum absolute atomic E-state index is 0.00115. The number of hydrogen-bond donors (Lipinski definition) is 3. The third-order valence-corrected chi connectivity index (χ3v) is 3.54. The van der Waals surface area contributed by atoms with E-state index < -0.39 is 11.8 Å². The molecule has 1 heterocycles. The maximum Gasteiger partial charge on any atom is 0.243 e. The predicted octanol–water partition coefficient (Wildman–Crippen LogP) is -2.06. The molecule has 0 aliphatic carbocycles. The molecule has 5 N–H and O–H groups in total. The number of amides is 3. The summed E-state index contributed by atoms with van der Waals surface area (Å²) in [7, 11) is 1.82. The normalized spacial score (nSPS) is 26.4. The van der Waals surface area contributed by atoms with Crippen LogP contribution in [-0.2, 0) is 19.1 Å². The number of nitrogens with zero attached hydrogens (tertiary/aromatic N) is 1. The topological polar surface area (TPSA) is 128 Å². The summed E-state index contributed by atoms with van der Waals surface area (Å²) in [6.45, 7) is 1.99. The number of ether oxygens (including phenoxy) is 1. The fraction of sp³-hybridized carbons (Fsp3) is 0.750. The Labute approximate surface area is 117 Å². The van der Waals surface area contributed by atoms with Crippen molar-refractivity contribution in [2.75, 3.05) is 20.2 Å². The van der Waals surface area contributed by atoms with E-state index in [1.165, 1.54) is 0 Å². The van der Waals surface area contributed by atoms with Crippen LogP contribution in [0.3, 0.4) is 0 Å². The first kappa shape index (κ1) is 16.4. The molecule has 0 saturated carbocycles. The minimum atomic E-state index is -0.533. The van der Waals surface area contributed by atoms with Crippen LogP contribution in [-0.4, -0.2) is 61.0 Å². The van der Waals surface area contributed by atoms with Crippen molar-refractivity contribution in [3.63, 3.8) is 0 Å². The molecule has 0 aromatic rings. The molecule has 114 valence electrons. The first-order valence-corrected chi connectivity index (χ1v) is 6.50. The lowest BCUT2D eigenvalue weighted by atomic mass is 10.1. The number of carbonyl (C=O) groups is 3. The maximum absolute atomic E-state index is 12.0. The molecule has 3 unspecified atom stereocenters. The number of nitrogens with two attached hydrogens (primary N) is 2. The third kappa shape index (κ3) is 4.46. The summed E-state index contributed by atoms with van der Waals surface area (Å²) in [5.74, 6) is -1.17. The van der Waals surface area contributed by atoms with Crippen molar-refractivity contribution in [3.8, 4) is 0 Å². The van der Waals surface area contributed by atoms with Crippen LogP contribution >= 0.6 is 0 Å². The van der Waals surface area contributed by atoms with Crippen molar-refractivity contribution >= 4 is 17.7 Å². The number of primary amides is 2. The summed E-state index contributed by atoms with van der Waals surface area (Å²) >= 11 is 0. The van der Waals surface area contributed by atoms with Crippen LogP contribution in [0, 0.1) is 0 Å². The van der Waals surface area contributed by atoms with Crippen molar-refractivity contribution < 1.29 is 19.1 Å². The van der Waals surface area contributed by atoms with Gasteiger partial charge in [0.25, 0.3) is 0 Å². The summed E-state index contributed by atoms with van der Waals surface area (Å²) in [5, 5.41) is 2.66. The zero-order valence-corrected chi connectivity index (χ0v) is 11.8. The van der Waals surface area contributed by atoms with Crippen LogP contribution < -0.4 is 16.8 Å². The van der Waals surface area contributed by atoms with Crippen molar-refractivity contribution in [2.24, 2.45) is 11.5 Å². The van der Waals surface area contributed by atoms with Crippen LogP contribution in [0.4, 0.5) is 0 Å². The lowest BCUT2D eigenvalue weighted by Crippen LogP contribution is -2.44. The second-order valence-corrected chi connectivity index (χ2v) is 4.98. The predicted molar refractivity (Wildman–Crippen MR) is 71.4 cm³/mol. The minimum Gasteiger partial charge on any atom is -0.370 e. The molecule has 0 aromatic carbocycles. The van der Waals surface area contributed by atoms with Crippen molar-refractivity contribution in [3.05, 3.63) is 0 Å². The first-order valence-electron chi connectivity index (χ1n) is 6.50. The Morgan fingerprint density at radius 3 is 2.50 bits per heavy atom. The van der Waals surface area contributed by atoms with E-state index in [0.29, 0.717) is 6.42 Å². The number of likely N-dealkylation sites (N-methyl/N-ethyl adjacent to an activating group) is 1. The van der Waals surface area contributed by atoms with Gasteiger partial charge in [-0.2, -0.15) is 0 Å². The summed E-state index contributed by atoms with van der Waals surface area (Å²) < 4.78 is 5.40. The van der Waals surface area contributed by atoms with Gasteiger partial charge in [-0.05, 0) is 20.4 Å². The van der Waals surface area contributed by atoms with Gasteiger partial charge in [0, 0.05) is 19.0 Å². The zero-order chi connectivity index (χ0) is 15.3. The molecule has 8 nitrogen and oxygen atoms in total. The van der Waals surface area contributed by atoms with E-state index in [2.05, 4.69) is 5.32 Å². The van der Waals surface area contributed by atoms with E-state index >= 15 is 0 Å². The first-order chi connectivity index (χ1) is 9.32. The van der Waals surface area contributed by atoms with Gasteiger partial charge in [-0.25, -0.2) is 0 Å². The Morgan fingerprint density at radius 2 is 1.95 bits per heavy atom. The molecule has 1 rings (SSSR count). The summed E-state index contributed by atoms with van der Waals surface area (Å²) in [5.41, 5.74) is 10.0. The van der Waals surface area contributed by atoms with Crippen LogP contribution in [0.25, 0.3) is 0 Å². The van der Waals surface area contributed by atoms with Crippen LogP contribution in [0.15, 0.2) is 0 Å². The Balaban J connectivity index is 2.48. The molecule has 0 bridgehead atoms. The fourth-order valence-electron chi connectivity index (χ4n) is 2.24. The van der Waals surface area contributed by atoms with Gasteiger partial charge in [-0.15, -0.1) is 0 Å². The van der Waals surface area contributed by atoms with Gasteiger partial charge in [-0.1, -0.05) is 0 Å². The molecule has 8 heteroatoms. The van der Waals surface area contributed by atoms with Gasteiger partial charge in [0.1, 0.15) is 6.61 Å². The Hall–Kier alpha value is -1.67. The third-order valence-electron chi connectivity index (χ3n) is 3.54. The smallest absolute Gasteiger partial charge is 0.243 e. The van der Waals surface area contributed by atoms with Gasteiger partial charge in [0.05, 0.1) is 12.1 Å². The molecular formula is C12H22N4O4. The van der Waals surface area contributed by atoms with Crippen molar-refractivity contribution in [1.29, 1.82) is 0 Å². The van der Waals surface area contributed by atoms with Crippen LogP contribution in [0.2, 0.25) is 0 Å². The largest absolute Gasteiger partial charge is 0.370 e. The van der Waals surface area contributed by atoms with E-state index in [1.807, 2.05) is 18.9 Å². The van der Waals surface area contributed by atoms with E-state index in [1.54, 1.807) is 0 Å². The lowest BCUT2D eigenvalue weighted by molar-refractivity contribution is -0.125. The number of nitrogens with one attached hydrogen (secondary N) is 1. The number of rotatable bonds is 7. The second kappa shape index (κ2) is 7.20. The zero-order valence-electron chi connectivity index (χ0n) is 11.8. The van der Waals surface area contributed by atoms with Crippen molar-refractivity contribution in [1.82, 2.24) is 10.2 Å². The lowest BCUT2D eigenvalue weighted by Gasteiger charge is -2.23. The monoisotopic (exact) mass is 286 g/mol. The van der Waals surface area contributed by atoms with Gasteiger partial charge in [0.15, 0.2) is 0 Å². The van der Waals surface area contributed by atoms with Crippen LogP contribution in [0.5, 0.6) is 0 Å².